The largest absolute Gasteiger partial charge is 0.125 e. The second-order valence-corrected chi connectivity index (χ2v) is 8.76. The van der Waals surface area contributed by atoms with Crippen molar-refractivity contribution < 1.29 is 0 Å². The van der Waals surface area contributed by atoms with Gasteiger partial charge in [0.05, 0.1) is 0 Å². The highest BCUT2D eigenvalue weighted by molar-refractivity contribution is 6.39. The van der Waals surface area contributed by atoms with Crippen LogP contribution < -0.4 is 0 Å². The van der Waals surface area contributed by atoms with Gasteiger partial charge in [-0.25, -0.2) is 0 Å². The fourth-order valence-electron chi connectivity index (χ4n) is 8.15. The summed E-state index contributed by atoms with van der Waals surface area (Å²) in [4.78, 5) is 0. The van der Waals surface area contributed by atoms with E-state index < -0.39 is 0 Å². The summed E-state index contributed by atoms with van der Waals surface area (Å²) in [5.74, 6) is 6.99. The Morgan fingerprint density at radius 2 is 1.59 bits per heavy atom. The van der Waals surface area contributed by atoms with Crippen LogP contribution in [0.15, 0.2) is 0 Å². The third-order valence-electron chi connectivity index (χ3n) is 8.30. The lowest BCUT2D eigenvalue weighted by molar-refractivity contribution is -0.189. The van der Waals surface area contributed by atoms with Crippen LogP contribution >= 0.6 is 0 Å². The van der Waals surface area contributed by atoms with Crippen LogP contribution in [0.1, 0.15) is 38.5 Å². The zero-order valence-electron chi connectivity index (χ0n) is 11.4. The standard InChI is InChI=1S/C15H24B2/c1-17-15-4-8-2-9-11-5-14(16,6-12(9)15)7-13(15)10(11)3-8/h8-13,17H,2-7,16H2,1H3. The summed E-state index contributed by atoms with van der Waals surface area (Å²) in [6.45, 7) is 2.52. The number of hydrogen-bond donors (Lipinski definition) is 0. The van der Waals surface area contributed by atoms with E-state index in [0.717, 1.165) is 28.4 Å². The van der Waals surface area contributed by atoms with Crippen LogP contribution in [0, 0.1) is 35.5 Å². The fraction of sp³-hybridized carbons (Fsp3) is 1.00. The molecular weight excluding hydrogens is 202 g/mol. The molecule has 7 saturated carbocycles. The zero-order chi connectivity index (χ0) is 11.4. The third kappa shape index (κ3) is 0.921. The molecule has 0 aromatic heterocycles. The lowest BCUT2D eigenvalue weighted by Crippen LogP contribution is -2.67. The molecule has 0 aromatic rings. The summed E-state index contributed by atoms with van der Waals surface area (Å²) in [5.41, 5.74) is 0. The lowest BCUT2D eigenvalue weighted by atomic mass is 9.20. The van der Waals surface area contributed by atoms with Gasteiger partial charge in [-0.05, 0) is 53.7 Å². The molecule has 0 aromatic carbocycles. The number of rotatable bonds is 1. The van der Waals surface area contributed by atoms with Crippen molar-refractivity contribution in [2.75, 3.05) is 0 Å². The first-order chi connectivity index (χ1) is 8.15. The van der Waals surface area contributed by atoms with E-state index in [-0.39, 0.29) is 0 Å². The molecule has 2 heteroatoms. The fourth-order valence-corrected chi connectivity index (χ4v) is 8.15. The normalized spacial score (nSPS) is 69.9. The van der Waals surface area contributed by atoms with Crippen molar-refractivity contribution in [3.05, 3.63) is 0 Å². The molecule has 4 unspecified atom stereocenters. The second kappa shape index (κ2) is 2.68. The minimum Gasteiger partial charge on any atom is -0.0888 e. The minimum absolute atomic E-state index is 0.774. The SMILES string of the molecule is BC12CC3C4CC5CC3C(C1)C(BC)(C5)C4C2. The Kier molecular flexibility index (Phi) is 1.57. The van der Waals surface area contributed by atoms with E-state index in [2.05, 4.69) is 14.7 Å². The van der Waals surface area contributed by atoms with Gasteiger partial charge in [-0.3, -0.25) is 0 Å². The Morgan fingerprint density at radius 3 is 2.18 bits per heavy atom. The summed E-state index contributed by atoms with van der Waals surface area (Å²) in [7, 11) is 4.14. The van der Waals surface area contributed by atoms with Gasteiger partial charge in [0.1, 0.15) is 15.1 Å². The predicted molar refractivity (Wildman–Crippen MR) is 75.6 cm³/mol. The van der Waals surface area contributed by atoms with E-state index in [1.54, 1.807) is 38.5 Å². The molecule has 0 heterocycles. The highest BCUT2D eigenvalue weighted by Gasteiger charge is 2.70. The Labute approximate surface area is 107 Å². The highest BCUT2D eigenvalue weighted by Crippen LogP contribution is 2.82. The molecule has 7 aliphatic carbocycles. The van der Waals surface area contributed by atoms with Crippen LogP contribution in [0.4, 0.5) is 0 Å². The summed E-state index contributed by atoms with van der Waals surface area (Å²) >= 11 is 0. The van der Waals surface area contributed by atoms with Crippen molar-refractivity contribution >= 4 is 15.1 Å². The van der Waals surface area contributed by atoms with Gasteiger partial charge >= 0.3 is 0 Å². The van der Waals surface area contributed by atoms with Crippen LogP contribution in [-0.4, -0.2) is 15.1 Å². The highest BCUT2D eigenvalue weighted by atomic mass is 14.7. The van der Waals surface area contributed by atoms with Gasteiger partial charge < -0.3 is 0 Å². The summed E-state index contributed by atoms with van der Waals surface area (Å²) in [6, 6.07) is 0. The van der Waals surface area contributed by atoms with E-state index in [0.29, 0.717) is 0 Å². The van der Waals surface area contributed by atoms with Crippen molar-refractivity contribution in [2.24, 2.45) is 35.5 Å². The van der Waals surface area contributed by atoms with Crippen LogP contribution in [0.25, 0.3) is 0 Å². The molecule has 0 saturated heterocycles. The molecule has 4 atom stereocenters. The molecule has 0 radical (unpaired) electrons. The van der Waals surface area contributed by atoms with Crippen molar-refractivity contribution in [2.45, 2.75) is 56.0 Å². The molecule has 7 rings (SSSR count). The Morgan fingerprint density at radius 1 is 0.941 bits per heavy atom. The third-order valence-corrected chi connectivity index (χ3v) is 8.30. The van der Waals surface area contributed by atoms with Crippen molar-refractivity contribution in [3.63, 3.8) is 0 Å². The summed E-state index contributed by atoms with van der Waals surface area (Å²) < 4.78 is 0. The molecule has 0 spiro atoms. The van der Waals surface area contributed by atoms with E-state index in [4.69, 9.17) is 0 Å². The predicted octanol–water partition coefficient (Wildman–Crippen LogP) is 2.53. The maximum Gasteiger partial charge on any atom is 0.125 e. The van der Waals surface area contributed by atoms with Gasteiger partial charge in [-0.2, -0.15) is 0 Å². The molecule has 0 nitrogen and oxygen atoms in total. The Bertz CT molecular complexity index is 366. The molecule has 17 heavy (non-hydrogen) atoms. The van der Waals surface area contributed by atoms with Gasteiger partial charge in [0.2, 0.25) is 0 Å². The van der Waals surface area contributed by atoms with Crippen LogP contribution in [-0.2, 0) is 0 Å². The number of hydrogen-bond acceptors (Lipinski definition) is 0. The van der Waals surface area contributed by atoms with Crippen LogP contribution in [0.3, 0.4) is 0 Å². The monoisotopic (exact) mass is 226 g/mol. The maximum absolute atomic E-state index is 2.63. The molecule has 0 N–H and O–H groups in total. The lowest BCUT2D eigenvalue weighted by Gasteiger charge is -2.77. The molecule has 7 fully saturated rings. The van der Waals surface area contributed by atoms with Gasteiger partial charge in [0.15, 0.2) is 0 Å². The zero-order valence-corrected chi connectivity index (χ0v) is 11.4. The first kappa shape index (κ1) is 9.98. The molecule has 0 amide bonds. The van der Waals surface area contributed by atoms with Gasteiger partial charge in [-0.1, -0.05) is 37.8 Å². The Hall–Kier alpha value is 0.130. The summed E-state index contributed by atoms with van der Waals surface area (Å²) in [6.07, 6.45) is 9.74. The molecule has 0 aliphatic heterocycles. The van der Waals surface area contributed by atoms with Crippen LogP contribution in [0.2, 0.25) is 17.5 Å². The van der Waals surface area contributed by atoms with Gasteiger partial charge in [-0.15, -0.1) is 0 Å². The molecular formula is C15H24B2. The van der Waals surface area contributed by atoms with E-state index >= 15 is 0 Å². The minimum atomic E-state index is 0.774. The first-order valence-electron chi connectivity index (χ1n) is 8.15. The second-order valence-electron chi connectivity index (χ2n) is 8.76. The van der Waals surface area contributed by atoms with Crippen LogP contribution in [0.5, 0.6) is 0 Å². The van der Waals surface area contributed by atoms with Gasteiger partial charge in [0, 0.05) is 0 Å². The average Bonchev–Trinajstić information content (AvgIpc) is 2.33. The van der Waals surface area contributed by atoms with E-state index in [1.807, 2.05) is 0 Å². The van der Waals surface area contributed by atoms with Crippen molar-refractivity contribution in [1.29, 1.82) is 0 Å². The molecule has 7 aliphatic rings. The molecule has 8 bridgehead atoms. The first-order valence-corrected chi connectivity index (χ1v) is 8.15. The topological polar surface area (TPSA) is 0 Å². The average molecular weight is 226 g/mol. The van der Waals surface area contributed by atoms with Crippen molar-refractivity contribution in [3.8, 4) is 0 Å². The van der Waals surface area contributed by atoms with E-state index in [1.165, 1.54) is 25.0 Å². The maximum atomic E-state index is 2.63. The van der Waals surface area contributed by atoms with Crippen molar-refractivity contribution in [1.82, 2.24) is 0 Å². The quantitative estimate of drug-likeness (QED) is 0.602. The van der Waals surface area contributed by atoms with Gasteiger partial charge in [0.25, 0.3) is 0 Å². The molecule has 90 valence electrons. The summed E-state index contributed by atoms with van der Waals surface area (Å²) in [5, 5.41) is 1.61. The van der Waals surface area contributed by atoms with E-state index in [9.17, 15) is 0 Å². The Balaban J connectivity index is 1.71. The smallest absolute Gasteiger partial charge is 0.0888 e.